The Balaban J connectivity index is 1.62. The molecular formula is C20H18F3NO5. The molecule has 1 aliphatic rings. The van der Waals surface area contributed by atoms with Gasteiger partial charge in [0.15, 0.2) is 6.04 Å². The van der Waals surface area contributed by atoms with E-state index in [1.54, 1.807) is 0 Å². The molecule has 2 N–H and O–H groups in total. The van der Waals surface area contributed by atoms with Crippen molar-refractivity contribution in [1.29, 1.82) is 0 Å². The molecule has 6 nitrogen and oxygen atoms in total. The Bertz CT molecular complexity index is 846. The second kappa shape index (κ2) is 8.95. The first-order valence-electron chi connectivity index (χ1n) is 8.76. The molecule has 29 heavy (non-hydrogen) atoms. The van der Waals surface area contributed by atoms with E-state index < -0.39 is 37.5 Å². The van der Waals surface area contributed by atoms with Crippen LogP contribution in [0.25, 0.3) is 11.1 Å². The fraction of sp³-hybridized carbons (Fsp3) is 0.300. The van der Waals surface area contributed by atoms with Crippen molar-refractivity contribution in [2.24, 2.45) is 0 Å². The summed E-state index contributed by atoms with van der Waals surface area (Å²) in [6, 6.07) is 13.6. The maximum absolute atomic E-state index is 12.8. The molecule has 0 saturated carbocycles. The standard InChI is InChI=1S/C20H18F3NO5/c21-17(22)18(23)28-10-16(19(25)26)24-20(27)29-9-15-13-7-3-1-5-11(13)12-6-2-4-8-14(12)15/h1-8,15-18H,9-10H2,(H,24,27)(H,25,26)/t16-,18?/m0/s1. The highest BCUT2D eigenvalue weighted by molar-refractivity contribution is 5.81. The summed E-state index contributed by atoms with van der Waals surface area (Å²) in [5.41, 5.74) is 3.98. The zero-order valence-electron chi connectivity index (χ0n) is 15.1. The summed E-state index contributed by atoms with van der Waals surface area (Å²) in [4.78, 5) is 23.2. The van der Waals surface area contributed by atoms with Crippen LogP contribution in [0, 0.1) is 0 Å². The molecule has 154 valence electrons. The van der Waals surface area contributed by atoms with E-state index in [0.717, 1.165) is 22.3 Å². The Morgan fingerprint density at radius 3 is 2.07 bits per heavy atom. The third-order valence-electron chi connectivity index (χ3n) is 4.55. The molecular weight excluding hydrogens is 391 g/mol. The first-order chi connectivity index (χ1) is 13.9. The van der Waals surface area contributed by atoms with Crippen LogP contribution in [0.1, 0.15) is 17.0 Å². The first kappa shape index (κ1) is 20.7. The van der Waals surface area contributed by atoms with Gasteiger partial charge < -0.3 is 19.9 Å². The summed E-state index contributed by atoms with van der Waals surface area (Å²) in [6.07, 6.45) is -7.43. The molecule has 1 aliphatic carbocycles. The molecule has 0 heterocycles. The summed E-state index contributed by atoms with van der Waals surface area (Å²) < 4.78 is 46.3. The van der Waals surface area contributed by atoms with Crippen LogP contribution in [0.5, 0.6) is 0 Å². The van der Waals surface area contributed by atoms with Crippen molar-refractivity contribution in [3.63, 3.8) is 0 Å². The lowest BCUT2D eigenvalue weighted by molar-refractivity contribution is -0.152. The summed E-state index contributed by atoms with van der Waals surface area (Å²) in [5.74, 6) is -1.80. The van der Waals surface area contributed by atoms with Crippen molar-refractivity contribution in [3.8, 4) is 11.1 Å². The molecule has 0 fully saturated rings. The Hall–Kier alpha value is -3.07. The zero-order valence-corrected chi connectivity index (χ0v) is 15.1. The quantitative estimate of drug-likeness (QED) is 0.697. The number of carbonyl (C=O) groups excluding carboxylic acids is 1. The minimum Gasteiger partial charge on any atom is -0.480 e. The number of alkyl halides is 3. The zero-order chi connectivity index (χ0) is 21.0. The Labute approximate surface area is 164 Å². The van der Waals surface area contributed by atoms with Gasteiger partial charge in [0.2, 0.25) is 0 Å². The van der Waals surface area contributed by atoms with E-state index >= 15 is 0 Å². The van der Waals surface area contributed by atoms with Crippen molar-refractivity contribution in [3.05, 3.63) is 59.7 Å². The van der Waals surface area contributed by atoms with Crippen LogP contribution in [0.15, 0.2) is 48.5 Å². The average molecular weight is 409 g/mol. The minimum absolute atomic E-state index is 0.0597. The van der Waals surface area contributed by atoms with E-state index in [1.807, 2.05) is 53.8 Å². The Morgan fingerprint density at radius 2 is 1.55 bits per heavy atom. The van der Waals surface area contributed by atoms with E-state index in [0.29, 0.717) is 0 Å². The van der Waals surface area contributed by atoms with Gasteiger partial charge in [-0.15, -0.1) is 0 Å². The predicted molar refractivity (Wildman–Crippen MR) is 96.5 cm³/mol. The predicted octanol–water partition coefficient (Wildman–Crippen LogP) is 3.56. The molecule has 0 aliphatic heterocycles. The minimum atomic E-state index is -3.42. The van der Waals surface area contributed by atoms with E-state index in [2.05, 4.69) is 4.74 Å². The van der Waals surface area contributed by atoms with Gasteiger partial charge in [0.1, 0.15) is 6.61 Å². The number of hydrogen-bond acceptors (Lipinski definition) is 4. The third-order valence-corrected chi connectivity index (χ3v) is 4.55. The lowest BCUT2D eigenvalue weighted by Gasteiger charge is -2.18. The summed E-state index contributed by atoms with van der Waals surface area (Å²) in [6.45, 7) is -1.03. The molecule has 0 aromatic heterocycles. The van der Waals surface area contributed by atoms with Crippen molar-refractivity contribution in [2.75, 3.05) is 13.2 Å². The van der Waals surface area contributed by atoms with Crippen LogP contribution < -0.4 is 5.32 Å². The van der Waals surface area contributed by atoms with Crippen molar-refractivity contribution in [2.45, 2.75) is 24.7 Å². The molecule has 0 radical (unpaired) electrons. The highest BCUT2D eigenvalue weighted by Gasteiger charge is 2.30. The van der Waals surface area contributed by atoms with Gasteiger partial charge in [-0.05, 0) is 22.3 Å². The van der Waals surface area contributed by atoms with Crippen molar-refractivity contribution >= 4 is 12.1 Å². The largest absolute Gasteiger partial charge is 0.480 e. The van der Waals surface area contributed by atoms with Gasteiger partial charge in [-0.2, -0.15) is 0 Å². The molecule has 9 heteroatoms. The van der Waals surface area contributed by atoms with Gasteiger partial charge >= 0.3 is 12.1 Å². The normalized spacial score (nSPS) is 14.8. The second-order valence-corrected chi connectivity index (χ2v) is 6.38. The Kier molecular flexibility index (Phi) is 6.38. The molecule has 0 saturated heterocycles. The lowest BCUT2D eigenvalue weighted by atomic mass is 9.98. The fourth-order valence-electron chi connectivity index (χ4n) is 3.22. The molecule has 2 atom stereocenters. The number of rotatable bonds is 8. The van der Waals surface area contributed by atoms with Gasteiger partial charge in [0.25, 0.3) is 12.8 Å². The van der Waals surface area contributed by atoms with E-state index in [4.69, 9.17) is 9.84 Å². The highest BCUT2D eigenvalue weighted by atomic mass is 19.3. The van der Waals surface area contributed by atoms with Crippen LogP contribution in [0.4, 0.5) is 18.0 Å². The van der Waals surface area contributed by atoms with E-state index in [1.165, 1.54) is 0 Å². The average Bonchev–Trinajstić information content (AvgIpc) is 3.03. The monoisotopic (exact) mass is 409 g/mol. The highest BCUT2D eigenvalue weighted by Crippen LogP contribution is 2.44. The molecule has 2 aromatic rings. The van der Waals surface area contributed by atoms with Crippen molar-refractivity contribution in [1.82, 2.24) is 5.32 Å². The van der Waals surface area contributed by atoms with Crippen molar-refractivity contribution < 1.29 is 37.3 Å². The molecule has 1 unspecified atom stereocenters. The number of hydrogen-bond donors (Lipinski definition) is 2. The van der Waals surface area contributed by atoms with Crippen LogP contribution in [-0.4, -0.2) is 49.2 Å². The summed E-state index contributed by atoms with van der Waals surface area (Å²) >= 11 is 0. The molecule has 1 amide bonds. The van der Waals surface area contributed by atoms with Gasteiger partial charge in [-0.25, -0.2) is 22.8 Å². The van der Waals surface area contributed by atoms with Gasteiger partial charge in [0, 0.05) is 5.92 Å². The van der Waals surface area contributed by atoms with Crippen LogP contribution >= 0.6 is 0 Å². The van der Waals surface area contributed by atoms with Crippen LogP contribution in [0.3, 0.4) is 0 Å². The van der Waals surface area contributed by atoms with Crippen LogP contribution in [0.2, 0.25) is 0 Å². The first-order valence-corrected chi connectivity index (χ1v) is 8.76. The van der Waals surface area contributed by atoms with E-state index in [-0.39, 0.29) is 12.5 Å². The number of halogens is 3. The number of nitrogens with one attached hydrogen (secondary N) is 1. The lowest BCUT2D eigenvalue weighted by Crippen LogP contribution is -2.45. The molecule has 3 rings (SSSR count). The number of alkyl carbamates (subject to hydrolysis) is 1. The van der Waals surface area contributed by atoms with Gasteiger partial charge in [0.05, 0.1) is 6.61 Å². The van der Waals surface area contributed by atoms with Gasteiger partial charge in [-0.3, -0.25) is 0 Å². The SMILES string of the molecule is O=C(N[C@@H](COC(F)C(F)F)C(=O)O)OCC1c2ccccc2-c2ccccc21. The second-order valence-electron chi connectivity index (χ2n) is 6.38. The number of fused-ring (bicyclic) bond motifs is 3. The fourth-order valence-corrected chi connectivity index (χ4v) is 3.22. The topological polar surface area (TPSA) is 84.9 Å². The molecule has 0 bridgehead atoms. The number of carbonyl (C=O) groups is 2. The number of carboxylic acid groups (broad SMARTS) is 1. The maximum Gasteiger partial charge on any atom is 0.407 e. The smallest absolute Gasteiger partial charge is 0.407 e. The summed E-state index contributed by atoms with van der Waals surface area (Å²) in [7, 11) is 0. The van der Waals surface area contributed by atoms with Gasteiger partial charge in [-0.1, -0.05) is 48.5 Å². The van der Waals surface area contributed by atoms with Crippen LogP contribution in [-0.2, 0) is 14.3 Å². The summed E-state index contributed by atoms with van der Waals surface area (Å²) in [5, 5.41) is 11.0. The molecule has 2 aromatic carbocycles. The molecule has 0 spiro atoms. The third kappa shape index (κ3) is 4.68. The number of amides is 1. The Morgan fingerprint density at radius 1 is 1.00 bits per heavy atom. The number of ether oxygens (including phenoxy) is 2. The number of benzene rings is 2. The number of carboxylic acids is 1. The van der Waals surface area contributed by atoms with E-state index in [9.17, 15) is 22.8 Å². The number of aliphatic carboxylic acids is 1. The maximum atomic E-state index is 12.8.